The Morgan fingerprint density at radius 2 is 1.41 bits per heavy atom. The van der Waals surface area contributed by atoms with Gasteiger partial charge in [-0.05, 0) is 33.9 Å². The van der Waals surface area contributed by atoms with Crippen molar-refractivity contribution < 1.29 is 15.0 Å². The highest BCUT2D eigenvalue weighted by Crippen LogP contribution is 2.40. The molecule has 3 heteroatoms. The first-order chi connectivity index (χ1) is 9.34. The average Bonchev–Trinajstić information content (AvgIpc) is 2.27. The van der Waals surface area contributed by atoms with E-state index in [-0.39, 0.29) is 18.3 Å². The largest absolute Gasteiger partial charge is 0.507 e. The third-order valence-corrected chi connectivity index (χ3v) is 3.75. The number of phenols is 1. The fourth-order valence-corrected chi connectivity index (χ4v) is 2.40. The number of carboxylic acid groups (broad SMARTS) is 1. The Morgan fingerprint density at radius 3 is 1.68 bits per heavy atom. The molecule has 1 unspecified atom stereocenters. The van der Waals surface area contributed by atoms with Gasteiger partial charge in [0.25, 0.3) is 0 Å². The van der Waals surface area contributed by atoms with Gasteiger partial charge in [-0.25, -0.2) is 0 Å². The van der Waals surface area contributed by atoms with E-state index >= 15 is 0 Å². The summed E-state index contributed by atoms with van der Waals surface area (Å²) in [4.78, 5) is 11.1. The van der Waals surface area contributed by atoms with Gasteiger partial charge >= 0.3 is 5.97 Å². The molecule has 0 aliphatic rings. The van der Waals surface area contributed by atoms with Crippen molar-refractivity contribution in [3.8, 4) is 5.75 Å². The summed E-state index contributed by atoms with van der Waals surface area (Å²) in [6.07, 6.45) is 0.474. The minimum atomic E-state index is -0.794. The van der Waals surface area contributed by atoms with E-state index < -0.39 is 11.9 Å². The van der Waals surface area contributed by atoms with Gasteiger partial charge in [0.05, 0.1) is 5.92 Å². The van der Waals surface area contributed by atoms with Gasteiger partial charge < -0.3 is 10.2 Å². The van der Waals surface area contributed by atoms with Crippen LogP contribution in [0.2, 0.25) is 0 Å². The second-order valence-corrected chi connectivity index (χ2v) is 7.98. The minimum absolute atomic E-state index is 0. The second-order valence-electron chi connectivity index (χ2n) is 7.98. The van der Waals surface area contributed by atoms with Gasteiger partial charge in [0.15, 0.2) is 0 Å². The zero-order chi connectivity index (χ0) is 16.6. The van der Waals surface area contributed by atoms with Crippen LogP contribution in [0.3, 0.4) is 0 Å². The Balaban J connectivity index is 0.00000441. The lowest BCUT2D eigenvalue weighted by molar-refractivity contribution is -0.141. The number of aromatic hydroxyl groups is 1. The summed E-state index contributed by atoms with van der Waals surface area (Å²) < 4.78 is 0. The smallest absolute Gasteiger partial charge is 0.306 e. The Bertz CT molecular complexity index is 496. The van der Waals surface area contributed by atoms with Gasteiger partial charge in [-0.1, -0.05) is 68.0 Å². The van der Waals surface area contributed by atoms with E-state index in [2.05, 4.69) is 41.5 Å². The van der Waals surface area contributed by atoms with Crippen LogP contribution in [0.5, 0.6) is 5.75 Å². The summed E-state index contributed by atoms with van der Waals surface area (Å²) in [6.45, 7) is 14.0. The number of aliphatic carboxylic acids is 1. The number of hydrogen-bond donors (Lipinski definition) is 2. The highest BCUT2D eigenvalue weighted by molar-refractivity contribution is 5.70. The summed E-state index contributed by atoms with van der Waals surface area (Å²) >= 11 is 0. The van der Waals surface area contributed by atoms with Crippen LogP contribution in [-0.2, 0) is 22.0 Å². The number of carbonyl (C=O) groups is 1. The minimum Gasteiger partial charge on any atom is -0.507 e. The summed E-state index contributed by atoms with van der Waals surface area (Å²) in [5.41, 5.74) is 2.35. The molecule has 1 rings (SSSR count). The van der Waals surface area contributed by atoms with Crippen molar-refractivity contribution in [3.05, 3.63) is 28.8 Å². The van der Waals surface area contributed by atoms with Gasteiger partial charge in [0, 0.05) is 0 Å². The summed E-state index contributed by atoms with van der Waals surface area (Å²) in [5, 5.41) is 19.7. The van der Waals surface area contributed by atoms with Crippen LogP contribution in [0.25, 0.3) is 0 Å². The third kappa shape index (κ3) is 4.75. The Kier molecular flexibility index (Phi) is 6.26. The zero-order valence-electron chi connectivity index (χ0n) is 14.2. The molecule has 0 fully saturated rings. The van der Waals surface area contributed by atoms with E-state index in [4.69, 9.17) is 5.11 Å². The lowest BCUT2D eigenvalue weighted by Crippen LogP contribution is -2.19. The van der Waals surface area contributed by atoms with E-state index in [9.17, 15) is 9.90 Å². The summed E-state index contributed by atoms with van der Waals surface area (Å²) in [5.74, 6) is -0.894. The molecule has 3 nitrogen and oxygen atoms in total. The monoisotopic (exact) mass is 308 g/mol. The first-order valence-corrected chi connectivity index (χ1v) is 7.43. The third-order valence-electron chi connectivity index (χ3n) is 3.75. The lowest BCUT2D eigenvalue weighted by Gasteiger charge is -2.28. The highest BCUT2D eigenvalue weighted by atomic mass is 16.4. The van der Waals surface area contributed by atoms with Gasteiger partial charge in [-0.3, -0.25) is 4.79 Å². The number of carboxylic acids is 1. The van der Waals surface area contributed by atoms with E-state index in [0.29, 0.717) is 12.2 Å². The standard InChI is InChI=1S/C18H28O3.CH4/c1-11(16(20)21)8-12-9-13(17(2,3)4)15(19)14(10-12)18(5,6)7;/h9-11,19H,8H2,1-7H3,(H,20,21);1H4. The van der Waals surface area contributed by atoms with Crippen molar-refractivity contribution in [1.82, 2.24) is 0 Å². The molecule has 1 aromatic carbocycles. The normalized spacial score (nSPS) is 13.4. The average molecular weight is 308 g/mol. The molecule has 0 aliphatic heterocycles. The predicted octanol–water partition coefficient (Wildman–Crippen LogP) is 4.89. The fraction of sp³-hybridized carbons (Fsp3) is 0.632. The first-order valence-electron chi connectivity index (χ1n) is 7.43. The molecule has 2 N–H and O–H groups in total. The maximum absolute atomic E-state index is 11.1. The Morgan fingerprint density at radius 1 is 1.05 bits per heavy atom. The molecular weight excluding hydrogens is 276 g/mol. The highest BCUT2D eigenvalue weighted by Gasteiger charge is 2.27. The molecule has 22 heavy (non-hydrogen) atoms. The first kappa shape index (κ1) is 20.5. The number of phenolic OH excluding ortho intramolecular Hbond substituents is 1. The van der Waals surface area contributed by atoms with Gasteiger partial charge in [0.1, 0.15) is 5.75 Å². The molecule has 0 radical (unpaired) electrons. The Labute approximate surface area is 135 Å². The van der Waals surface area contributed by atoms with Crippen LogP contribution < -0.4 is 0 Å². The number of hydrogen-bond acceptors (Lipinski definition) is 2. The molecule has 1 aromatic rings. The second kappa shape index (κ2) is 6.72. The summed E-state index contributed by atoms with van der Waals surface area (Å²) in [7, 11) is 0. The van der Waals surface area contributed by atoms with E-state index in [1.807, 2.05) is 12.1 Å². The quantitative estimate of drug-likeness (QED) is 0.836. The maximum atomic E-state index is 11.1. The van der Waals surface area contributed by atoms with Crippen LogP contribution >= 0.6 is 0 Å². The molecule has 0 aromatic heterocycles. The van der Waals surface area contributed by atoms with Crippen LogP contribution in [0.15, 0.2) is 12.1 Å². The molecule has 126 valence electrons. The van der Waals surface area contributed by atoms with Crippen LogP contribution in [0.1, 0.15) is 72.6 Å². The molecule has 0 saturated heterocycles. The lowest BCUT2D eigenvalue weighted by atomic mass is 9.77. The molecule has 0 heterocycles. The SMILES string of the molecule is C.CC(Cc1cc(C(C)(C)C)c(O)c(C(C)(C)C)c1)C(=O)O. The van der Waals surface area contributed by atoms with E-state index in [0.717, 1.165) is 16.7 Å². The predicted molar refractivity (Wildman–Crippen MR) is 92.7 cm³/mol. The summed E-state index contributed by atoms with van der Waals surface area (Å²) in [6, 6.07) is 3.90. The topological polar surface area (TPSA) is 57.5 Å². The number of benzene rings is 1. The van der Waals surface area contributed by atoms with Gasteiger partial charge in [-0.2, -0.15) is 0 Å². The van der Waals surface area contributed by atoms with Gasteiger partial charge in [-0.15, -0.1) is 0 Å². The molecule has 0 saturated carbocycles. The molecule has 0 bridgehead atoms. The van der Waals surface area contributed by atoms with Crippen LogP contribution in [0, 0.1) is 5.92 Å². The molecular formula is C19H32O3. The van der Waals surface area contributed by atoms with E-state index in [1.54, 1.807) is 6.92 Å². The van der Waals surface area contributed by atoms with Crippen molar-refractivity contribution in [2.24, 2.45) is 5.92 Å². The van der Waals surface area contributed by atoms with Crippen molar-refractivity contribution >= 4 is 5.97 Å². The molecule has 0 spiro atoms. The molecule has 0 amide bonds. The van der Waals surface area contributed by atoms with Crippen LogP contribution in [-0.4, -0.2) is 16.2 Å². The molecule has 1 atom stereocenters. The van der Waals surface area contributed by atoms with Crippen molar-refractivity contribution in [2.75, 3.05) is 0 Å². The molecule has 0 aliphatic carbocycles. The number of rotatable bonds is 3. The van der Waals surface area contributed by atoms with Crippen molar-refractivity contribution in [3.63, 3.8) is 0 Å². The Hall–Kier alpha value is -1.51. The fourth-order valence-electron chi connectivity index (χ4n) is 2.40. The van der Waals surface area contributed by atoms with Gasteiger partial charge in [0.2, 0.25) is 0 Å². The van der Waals surface area contributed by atoms with Crippen LogP contribution in [0.4, 0.5) is 0 Å². The van der Waals surface area contributed by atoms with E-state index in [1.165, 1.54) is 0 Å². The zero-order valence-corrected chi connectivity index (χ0v) is 14.2. The maximum Gasteiger partial charge on any atom is 0.306 e. The van der Waals surface area contributed by atoms with Crippen molar-refractivity contribution in [2.45, 2.75) is 73.1 Å². The van der Waals surface area contributed by atoms with Crippen molar-refractivity contribution in [1.29, 1.82) is 0 Å².